The number of alkyl halides is 1. The van der Waals surface area contributed by atoms with E-state index in [4.69, 9.17) is 4.74 Å². The molecule has 0 aliphatic heterocycles. The summed E-state index contributed by atoms with van der Waals surface area (Å²) in [6.45, 7) is 0. The van der Waals surface area contributed by atoms with Gasteiger partial charge >= 0.3 is 0 Å². The molecule has 0 fully saturated rings. The van der Waals surface area contributed by atoms with Crippen LogP contribution in [0.5, 0.6) is 5.75 Å². The van der Waals surface area contributed by atoms with Gasteiger partial charge in [0.1, 0.15) is 11.6 Å². The standard InChI is InChI=1S/C14H12BrFO/c1-17-11-8-6-10(7-9-11)14(15)12-4-2-3-5-13(12)16/h2-9,14H,1H3. The minimum absolute atomic E-state index is 0.144. The first kappa shape index (κ1) is 12.1. The molecule has 0 aliphatic rings. The molecule has 88 valence electrons. The zero-order valence-electron chi connectivity index (χ0n) is 9.36. The molecule has 1 nitrogen and oxygen atoms in total. The van der Waals surface area contributed by atoms with Gasteiger partial charge in [-0.3, -0.25) is 0 Å². The lowest BCUT2D eigenvalue weighted by Crippen LogP contribution is -1.96. The highest BCUT2D eigenvalue weighted by Gasteiger charge is 2.13. The molecular weight excluding hydrogens is 283 g/mol. The third-order valence-corrected chi connectivity index (χ3v) is 3.61. The molecule has 1 atom stereocenters. The maximum atomic E-state index is 13.6. The quantitative estimate of drug-likeness (QED) is 0.766. The third kappa shape index (κ3) is 2.67. The van der Waals surface area contributed by atoms with Gasteiger partial charge in [-0.2, -0.15) is 0 Å². The maximum Gasteiger partial charge on any atom is 0.127 e. The number of hydrogen-bond donors (Lipinski definition) is 0. The van der Waals surface area contributed by atoms with Gasteiger partial charge in [-0.05, 0) is 23.8 Å². The fourth-order valence-electron chi connectivity index (χ4n) is 1.63. The molecule has 0 saturated heterocycles. The summed E-state index contributed by atoms with van der Waals surface area (Å²) in [5.74, 6) is 0.590. The van der Waals surface area contributed by atoms with Gasteiger partial charge in [0.15, 0.2) is 0 Å². The molecule has 2 aromatic rings. The number of benzene rings is 2. The zero-order valence-corrected chi connectivity index (χ0v) is 10.9. The molecule has 2 rings (SSSR count). The van der Waals surface area contributed by atoms with Crippen LogP contribution in [-0.2, 0) is 0 Å². The van der Waals surface area contributed by atoms with Crippen molar-refractivity contribution in [2.45, 2.75) is 4.83 Å². The minimum Gasteiger partial charge on any atom is -0.497 e. The SMILES string of the molecule is COc1ccc(C(Br)c2ccccc2F)cc1. The molecule has 1 unspecified atom stereocenters. The fraction of sp³-hybridized carbons (Fsp3) is 0.143. The maximum absolute atomic E-state index is 13.6. The second-order valence-corrected chi connectivity index (χ2v) is 4.57. The smallest absolute Gasteiger partial charge is 0.127 e. The average Bonchev–Trinajstić information content (AvgIpc) is 2.39. The molecule has 0 bridgehead atoms. The van der Waals surface area contributed by atoms with Gasteiger partial charge < -0.3 is 4.74 Å². The Morgan fingerprint density at radius 3 is 2.29 bits per heavy atom. The fourth-order valence-corrected chi connectivity index (χ4v) is 2.31. The lowest BCUT2D eigenvalue weighted by atomic mass is 10.0. The number of halogens is 2. The third-order valence-electron chi connectivity index (χ3n) is 2.59. The molecule has 0 amide bonds. The van der Waals surface area contributed by atoms with Gasteiger partial charge in [0.25, 0.3) is 0 Å². The van der Waals surface area contributed by atoms with Crippen molar-refractivity contribution in [3.05, 3.63) is 65.5 Å². The summed E-state index contributed by atoms with van der Waals surface area (Å²) in [5, 5.41) is 0. The first-order valence-electron chi connectivity index (χ1n) is 5.25. The highest BCUT2D eigenvalue weighted by Crippen LogP contribution is 2.32. The summed E-state index contributed by atoms with van der Waals surface area (Å²) in [6.07, 6.45) is 0. The molecule has 17 heavy (non-hydrogen) atoms. The summed E-state index contributed by atoms with van der Waals surface area (Å²) >= 11 is 3.51. The van der Waals surface area contributed by atoms with Gasteiger partial charge in [0.05, 0.1) is 11.9 Å². The van der Waals surface area contributed by atoms with Gasteiger partial charge in [0.2, 0.25) is 0 Å². The van der Waals surface area contributed by atoms with Gasteiger partial charge in [-0.15, -0.1) is 0 Å². The van der Waals surface area contributed by atoms with E-state index in [-0.39, 0.29) is 10.6 Å². The van der Waals surface area contributed by atoms with Crippen LogP contribution >= 0.6 is 15.9 Å². The molecule has 2 aromatic carbocycles. The second-order valence-electron chi connectivity index (χ2n) is 3.66. The lowest BCUT2D eigenvalue weighted by Gasteiger charge is -2.12. The minimum atomic E-state index is -0.204. The zero-order chi connectivity index (χ0) is 12.3. The molecule has 0 saturated carbocycles. The van der Waals surface area contributed by atoms with Crippen molar-refractivity contribution in [2.75, 3.05) is 7.11 Å². The highest BCUT2D eigenvalue weighted by molar-refractivity contribution is 9.09. The first-order chi connectivity index (χ1) is 8.22. The summed E-state index contributed by atoms with van der Waals surface area (Å²) in [5.41, 5.74) is 1.63. The van der Waals surface area contributed by atoms with E-state index in [1.165, 1.54) is 6.07 Å². The largest absolute Gasteiger partial charge is 0.497 e. The Balaban J connectivity index is 2.30. The Kier molecular flexibility index (Phi) is 3.79. The van der Waals surface area contributed by atoms with E-state index in [1.54, 1.807) is 19.2 Å². The van der Waals surface area contributed by atoms with Crippen molar-refractivity contribution in [3.63, 3.8) is 0 Å². The topological polar surface area (TPSA) is 9.23 Å². The molecule has 3 heteroatoms. The molecule has 0 N–H and O–H groups in total. The van der Waals surface area contributed by atoms with E-state index in [2.05, 4.69) is 15.9 Å². The van der Waals surface area contributed by atoms with Crippen LogP contribution in [-0.4, -0.2) is 7.11 Å². The van der Waals surface area contributed by atoms with Gasteiger partial charge in [-0.1, -0.05) is 46.3 Å². The number of methoxy groups -OCH3 is 1. The Bertz CT molecular complexity index is 496. The summed E-state index contributed by atoms with van der Waals surface area (Å²) in [6, 6.07) is 14.3. The van der Waals surface area contributed by atoms with E-state index in [9.17, 15) is 4.39 Å². The highest BCUT2D eigenvalue weighted by atomic mass is 79.9. The number of hydrogen-bond acceptors (Lipinski definition) is 1. The molecule has 0 heterocycles. The van der Waals surface area contributed by atoms with Crippen molar-refractivity contribution >= 4 is 15.9 Å². The van der Waals surface area contributed by atoms with Crippen LogP contribution in [0.2, 0.25) is 0 Å². The van der Waals surface area contributed by atoms with E-state index >= 15 is 0 Å². The molecule has 0 spiro atoms. The Morgan fingerprint density at radius 2 is 1.71 bits per heavy atom. The second kappa shape index (κ2) is 5.32. The van der Waals surface area contributed by atoms with Crippen LogP contribution in [0.15, 0.2) is 48.5 Å². The van der Waals surface area contributed by atoms with Crippen molar-refractivity contribution in [2.24, 2.45) is 0 Å². The molecule has 0 aromatic heterocycles. The van der Waals surface area contributed by atoms with Crippen molar-refractivity contribution in [1.82, 2.24) is 0 Å². The number of ether oxygens (including phenoxy) is 1. The van der Waals surface area contributed by atoms with Crippen LogP contribution in [0.25, 0.3) is 0 Å². The predicted octanol–water partition coefficient (Wildman–Crippen LogP) is 4.32. The van der Waals surface area contributed by atoms with Crippen LogP contribution < -0.4 is 4.74 Å². The Labute approximate surface area is 108 Å². The number of rotatable bonds is 3. The normalized spacial score (nSPS) is 12.2. The van der Waals surface area contributed by atoms with Crippen LogP contribution in [0.4, 0.5) is 4.39 Å². The first-order valence-corrected chi connectivity index (χ1v) is 6.16. The predicted molar refractivity (Wildman–Crippen MR) is 70.2 cm³/mol. The summed E-state index contributed by atoms with van der Waals surface area (Å²) in [7, 11) is 1.62. The molecule has 0 aliphatic carbocycles. The van der Waals surface area contributed by atoms with Crippen molar-refractivity contribution in [1.29, 1.82) is 0 Å². The monoisotopic (exact) mass is 294 g/mol. The summed E-state index contributed by atoms with van der Waals surface area (Å²) < 4.78 is 18.7. The van der Waals surface area contributed by atoms with Crippen LogP contribution in [0, 0.1) is 5.82 Å². The molecule has 0 radical (unpaired) electrons. The average molecular weight is 295 g/mol. The van der Waals surface area contributed by atoms with E-state index < -0.39 is 0 Å². The van der Waals surface area contributed by atoms with Crippen molar-refractivity contribution < 1.29 is 9.13 Å². The van der Waals surface area contributed by atoms with Crippen LogP contribution in [0.3, 0.4) is 0 Å². The van der Waals surface area contributed by atoms with Gasteiger partial charge in [-0.25, -0.2) is 4.39 Å². The lowest BCUT2D eigenvalue weighted by molar-refractivity contribution is 0.414. The summed E-state index contributed by atoms with van der Waals surface area (Å²) in [4.78, 5) is -0.144. The Hall–Kier alpha value is -1.35. The van der Waals surface area contributed by atoms with E-state index in [1.807, 2.05) is 30.3 Å². The van der Waals surface area contributed by atoms with Crippen molar-refractivity contribution in [3.8, 4) is 5.75 Å². The van der Waals surface area contributed by atoms with Crippen LogP contribution in [0.1, 0.15) is 16.0 Å². The Morgan fingerprint density at radius 1 is 1.06 bits per heavy atom. The molecular formula is C14H12BrFO. The van der Waals surface area contributed by atoms with E-state index in [0.29, 0.717) is 5.56 Å². The van der Waals surface area contributed by atoms with E-state index in [0.717, 1.165) is 11.3 Å². The van der Waals surface area contributed by atoms with Gasteiger partial charge in [0, 0.05) is 5.56 Å².